The Morgan fingerprint density at radius 3 is 2.53 bits per heavy atom. The number of benzene rings is 1. The second kappa shape index (κ2) is 8.62. The summed E-state index contributed by atoms with van der Waals surface area (Å²) < 4.78 is 58.3. The fraction of sp³-hybridized carbons (Fsp3) is 0.348. The summed E-state index contributed by atoms with van der Waals surface area (Å²) >= 11 is 0. The number of carbonyl (C=O) groups excluding carboxylic acids is 1. The van der Waals surface area contributed by atoms with Crippen LogP contribution in [-0.4, -0.2) is 49.4 Å². The summed E-state index contributed by atoms with van der Waals surface area (Å²) in [6, 6.07) is 5.21. The first-order chi connectivity index (χ1) is 16.3. The van der Waals surface area contributed by atoms with Crippen LogP contribution in [-0.2, 0) is 6.18 Å². The Morgan fingerprint density at radius 2 is 1.85 bits per heavy atom. The Morgan fingerprint density at radius 1 is 1.06 bits per heavy atom. The molecule has 34 heavy (non-hydrogen) atoms. The lowest BCUT2D eigenvalue weighted by molar-refractivity contribution is -0.141. The summed E-state index contributed by atoms with van der Waals surface area (Å²) in [5.41, 5.74) is -0.546. The number of alkyl halides is 3. The molecule has 0 spiro atoms. The van der Waals surface area contributed by atoms with E-state index in [1.807, 2.05) is 0 Å². The Hall–Kier alpha value is -3.63. The fourth-order valence-electron chi connectivity index (χ4n) is 4.65. The molecule has 3 aliphatic rings. The zero-order chi connectivity index (χ0) is 23.9. The molecule has 7 nitrogen and oxygen atoms in total. The minimum absolute atomic E-state index is 0.0397. The summed E-state index contributed by atoms with van der Waals surface area (Å²) in [7, 11) is 0. The van der Waals surface area contributed by atoms with Gasteiger partial charge in [0.05, 0.1) is 24.0 Å². The van der Waals surface area contributed by atoms with Gasteiger partial charge in [0, 0.05) is 24.5 Å². The van der Waals surface area contributed by atoms with E-state index in [1.165, 1.54) is 30.6 Å². The van der Waals surface area contributed by atoms with Crippen LogP contribution >= 0.6 is 0 Å². The SMILES string of the molecule is O=C(c1cc(F)ccc1-c1ncccn1)N1C[C@H]2CC[C@H]1[C@H](Oc1cnc(C(F)(F)F)cn1)C2. The lowest BCUT2D eigenvalue weighted by atomic mass is 9.77. The van der Waals surface area contributed by atoms with Crippen LogP contribution < -0.4 is 4.74 Å². The van der Waals surface area contributed by atoms with Crippen LogP contribution in [0, 0.1) is 11.7 Å². The second-order valence-corrected chi connectivity index (χ2v) is 8.36. The van der Waals surface area contributed by atoms with Gasteiger partial charge in [-0.2, -0.15) is 13.2 Å². The molecule has 2 aromatic heterocycles. The van der Waals surface area contributed by atoms with Gasteiger partial charge in [-0.1, -0.05) is 0 Å². The Labute approximate surface area is 191 Å². The number of rotatable bonds is 4. The monoisotopic (exact) mass is 473 g/mol. The summed E-state index contributed by atoms with van der Waals surface area (Å²) in [5, 5.41) is 0. The molecule has 0 radical (unpaired) electrons. The second-order valence-electron chi connectivity index (χ2n) is 8.36. The topological polar surface area (TPSA) is 81.1 Å². The van der Waals surface area contributed by atoms with Crippen LogP contribution in [0.15, 0.2) is 49.1 Å². The average Bonchev–Trinajstić information content (AvgIpc) is 2.84. The first kappa shape index (κ1) is 22.2. The molecule has 2 bridgehead atoms. The highest BCUT2D eigenvalue weighted by molar-refractivity contribution is 6.00. The predicted octanol–water partition coefficient (Wildman–Crippen LogP) is 4.16. The van der Waals surface area contributed by atoms with Crippen LogP contribution in [0.2, 0.25) is 0 Å². The molecule has 0 N–H and O–H groups in total. The van der Waals surface area contributed by atoms with Crippen molar-refractivity contribution in [2.24, 2.45) is 5.92 Å². The number of halogens is 4. The minimum atomic E-state index is -4.59. The first-order valence-corrected chi connectivity index (χ1v) is 10.7. The molecule has 6 rings (SSSR count). The largest absolute Gasteiger partial charge is 0.471 e. The molecule has 2 aliphatic heterocycles. The van der Waals surface area contributed by atoms with E-state index in [1.54, 1.807) is 11.0 Å². The van der Waals surface area contributed by atoms with E-state index in [0.29, 0.717) is 37.0 Å². The maximum Gasteiger partial charge on any atom is 0.434 e. The molecule has 1 aliphatic carbocycles. The van der Waals surface area contributed by atoms with E-state index < -0.39 is 23.8 Å². The van der Waals surface area contributed by atoms with E-state index in [4.69, 9.17) is 4.74 Å². The molecule has 2 saturated heterocycles. The number of amides is 1. The van der Waals surface area contributed by atoms with Gasteiger partial charge in [-0.25, -0.2) is 24.3 Å². The summed E-state index contributed by atoms with van der Waals surface area (Å²) in [4.78, 5) is 30.7. The van der Waals surface area contributed by atoms with Crippen molar-refractivity contribution in [2.75, 3.05) is 6.54 Å². The molecule has 176 valence electrons. The third-order valence-corrected chi connectivity index (χ3v) is 6.19. The van der Waals surface area contributed by atoms with E-state index in [0.717, 1.165) is 12.6 Å². The van der Waals surface area contributed by atoms with E-state index in [-0.39, 0.29) is 29.3 Å². The quantitative estimate of drug-likeness (QED) is 0.530. The number of aromatic nitrogens is 4. The van der Waals surface area contributed by atoms with Gasteiger partial charge in [-0.05, 0) is 49.4 Å². The number of hydrogen-bond acceptors (Lipinski definition) is 6. The third-order valence-electron chi connectivity index (χ3n) is 6.19. The standard InChI is InChI=1S/C23H19F4N5O2/c24-14-3-4-15(21-28-6-1-7-29-21)16(9-14)22(33)32-12-13-2-5-17(32)18(8-13)34-20-11-30-19(10-31-20)23(25,26)27/h1,3-4,6-7,9-11,13,17-18H,2,5,8,12H2/t13-,17-,18+/m0/s1. The van der Waals surface area contributed by atoms with Gasteiger partial charge in [-0.15, -0.1) is 0 Å². The van der Waals surface area contributed by atoms with Crippen molar-refractivity contribution in [3.8, 4) is 17.3 Å². The van der Waals surface area contributed by atoms with Crippen molar-refractivity contribution in [3.63, 3.8) is 0 Å². The maximum atomic E-state index is 14.1. The van der Waals surface area contributed by atoms with Crippen molar-refractivity contribution < 1.29 is 27.1 Å². The van der Waals surface area contributed by atoms with Crippen molar-refractivity contribution in [1.82, 2.24) is 24.8 Å². The number of piperidine rings is 2. The van der Waals surface area contributed by atoms with Gasteiger partial charge in [0.25, 0.3) is 5.91 Å². The lowest BCUT2D eigenvalue weighted by Crippen LogP contribution is -2.59. The number of hydrogen-bond donors (Lipinski definition) is 0. The highest BCUT2D eigenvalue weighted by atomic mass is 19.4. The van der Waals surface area contributed by atoms with Gasteiger partial charge in [-0.3, -0.25) is 4.79 Å². The van der Waals surface area contributed by atoms with Gasteiger partial charge in [0.2, 0.25) is 5.88 Å². The Bertz CT molecular complexity index is 1190. The normalized spacial score (nSPS) is 22.0. The molecule has 1 amide bonds. The number of ether oxygens (including phenoxy) is 1. The van der Waals surface area contributed by atoms with Crippen molar-refractivity contribution in [1.29, 1.82) is 0 Å². The molecular weight excluding hydrogens is 454 g/mol. The molecule has 0 unspecified atom stereocenters. The van der Waals surface area contributed by atoms with E-state index >= 15 is 0 Å². The van der Waals surface area contributed by atoms with Gasteiger partial charge in [0.1, 0.15) is 11.9 Å². The van der Waals surface area contributed by atoms with Crippen LogP contribution in [0.25, 0.3) is 11.4 Å². The first-order valence-electron chi connectivity index (χ1n) is 10.7. The summed E-state index contributed by atoms with van der Waals surface area (Å²) in [6.07, 6.45) is 1.76. The van der Waals surface area contributed by atoms with Gasteiger partial charge < -0.3 is 9.64 Å². The van der Waals surface area contributed by atoms with Crippen LogP contribution in [0.5, 0.6) is 5.88 Å². The number of carbonyl (C=O) groups is 1. The Kier molecular flexibility index (Phi) is 5.62. The third kappa shape index (κ3) is 4.29. The average molecular weight is 473 g/mol. The van der Waals surface area contributed by atoms with Crippen LogP contribution in [0.1, 0.15) is 35.3 Å². The molecule has 3 fully saturated rings. The predicted molar refractivity (Wildman–Crippen MR) is 111 cm³/mol. The molecule has 11 heteroatoms. The molecule has 3 aromatic rings. The molecular formula is C23H19F4N5O2. The van der Waals surface area contributed by atoms with Gasteiger partial charge >= 0.3 is 6.18 Å². The van der Waals surface area contributed by atoms with Gasteiger partial charge in [0.15, 0.2) is 11.5 Å². The molecule has 4 heterocycles. The summed E-state index contributed by atoms with van der Waals surface area (Å²) in [6.45, 7) is 0.480. The van der Waals surface area contributed by atoms with Crippen molar-refractivity contribution >= 4 is 5.91 Å². The summed E-state index contributed by atoms with van der Waals surface area (Å²) in [5.74, 6) is -0.518. The molecule has 1 aromatic carbocycles. The van der Waals surface area contributed by atoms with Crippen molar-refractivity contribution in [3.05, 3.63) is 66.1 Å². The van der Waals surface area contributed by atoms with Crippen molar-refractivity contribution in [2.45, 2.75) is 37.6 Å². The van der Waals surface area contributed by atoms with Crippen LogP contribution in [0.4, 0.5) is 17.6 Å². The number of nitrogens with zero attached hydrogens (tertiary/aromatic N) is 5. The fourth-order valence-corrected chi connectivity index (χ4v) is 4.65. The zero-order valence-corrected chi connectivity index (χ0v) is 17.7. The highest BCUT2D eigenvalue weighted by Crippen LogP contribution is 2.39. The van der Waals surface area contributed by atoms with Crippen LogP contribution in [0.3, 0.4) is 0 Å². The molecule has 1 saturated carbocycles. The van der Waals surface area contributed by atoms with E-state index in [9.17, 15) is 22.4 Å². The smallest absolute Gasteiger partial charge is 0.434 e. The minimum Gasteiger partial charge on any atom is -0.471 e. The highest BCUT2D eigenvalue weighted by Gasteiger charge is 2.45. The van der Waals surface area contributed by atoms with E-state index in [2.05, 4.69) is 19.9 Å². The zero-order valence-electron chi connectivity index (χ0n) is 17.7. The lowest BCUT2D eigenvalue weighted by Gasteiger charge is -2.49. The molecule has 3 atom stereocenters. The Balaban J connectivity index is 1.40. The maximum absolute atomic E-state index is 14.1. The number of fused-ring (bicyclic) bond motifs is 3.